The summed E-state index contributed by atoms with van der Waals surface area (Å²) in [6.45, 7) is 10.6. The van der Waals surface area contributed by atoms with Crippen LogP contribution in [0.1, 0.15) is 61.8 Å². The number of hydrogen-bond acceptors (Lipinski definition) is 2. The zero-order valence-electron chi connectivity index (χ0n) is 21.8. The van der Waals surface area contributed by atoms with Gasteiger partial charge in [0.2, 0.25) is 0 Å². The Balaban J connectivity index is 0.00000304. The van der Waals surface area contributed by atoms with Crippen molar-refractivity contribution in [2.75, 3.05) is 19.7 Å². The first-order valence-electron chi connectivity index (χ1n) is 13.1. The van der Waals surface area contributed by atoms with Gasteiger partial charge in [-0.25, -0.2) is 0 Å². The first-order valence-corrected chi connectivity index (χ1v) is 13.1. The van der Waals surface area contributed by atoms with Crippen molar-refractivity contribution in [3.8, 4) is 5.75 Å². The Morgan fingerprint density at radius 2 is 1.61 bits per heavy atom. The van der Waals surface area contributed by atoms with Crippen molar-refractivity contribution in [2.45, 2.75) is 57.9 Å². The highest BCUT2D eigenvalue weighted by Gasteiger charge is 2.21. The molecule has 2 heterocycles. The standard InChI is InChI=1S/C32H38N2O.ClH/c1-32(2,3)27-11-9-25(10-12-27)22-34-23-30(26-15-18-33-19-16-26)29-14-13-28(21-31(29)34)35-20-17-24-7-5-4-6-8-24;/h4-14,21,23,26,33H,15-20,22H2,1-3H3;1H. The van der Waals surface area contributed by atoms with Gasteiger partial charge in [-0.1, -0.05) is 75.4 Å². The third kappa shape index (κ3) is 6.14. The lowest BCUT2D eigenvalue weighted by Gasteiger charge is -2.22. The van der Waals surface area contributed by atoms with Crippen molar-refractivity contribution in [2.24, 2.45) is 0 Å². The SMILES string of the molecule is CC(C)(C)c1ccc(Cn2cc(C3CCNCC3)c3ccc(OCCc4ccccc4)cc32)cc1.Cl. The summed E-state index contributed by atoms with van der Waals surface area (Å²) in [6, 6.07) is 26.4. The fourth-order valence-electron chi connectivity index (χ4n) is 5.22. The molecule has 0 spiro atoms. The normalized spacial score (nSPS) is 14.5. The van der Waals surface area contributed by atoms with Gasteiger partial charge in [-0.15, -0.1) is 12.4 Å². The van der Waals surface area contributed by atoms with Crippen LogP contribution in [0.5, 0.6) is 5.75 Å². The van der Waals surface area contributed by atoms with Crippen LogP contribution in [-0.2, 0) is 18.4 Å². The van der Waals surface area contributed by atoms with Gasteiger partial charge >= 0.3 is 0 Å². The van der Waals surface area contributed by atoms with Crippen molar-refractivity contribution < 1.29 is 4.74 Å². The van der Waals surface area contributed by atoms with E-state index in [1.165, 1.54) is 46.0 Å². The molecule has 3 aromatic carbocycles. The quantitative estimate of drug-likeness (QED) is 0.283. The second-order valence-corrected chi connectivity index (χ2v) is 10.9. The average Bonchev–Trinajstić information content (AvgIpc) is 3.22. The highest BCUT2D eigenvalue weighted by molar-refractivity contribution is 5.86. The monoisotopic (exact) mass is 502 g/mol. The molecule has 190 valence electrons. The largest absolute Gasteiger partial charge is 0.493 e. The minimum atomic E-state index is 0. The number of fused-ring (bicyclic) bond motifs is 1. The summed E-state index contributed by atoms with van der Waals surface area (Å²) in [7, 11) is 0. The third-order valence-electron chi connectivity index (χ3n) is 7.34. The van der Waals surface area contributed by atoms with E-state index in [0.29, 0.717) is 12.5 Å². The van der Waals surface area contributed by atoms with Crippen LogP contribution >= 0.6 is 12.4 Å². The Kier molecular flexibility index (Phi) is 8.43. The van der Waals surface area contributed by atoms with Gasteiger partial charge in [0.15, 0.2) is 0 Å². The summed E-state index contributed by atoms with van der Waals surface area (Å²) in [6.07, 6.45) is 5.73. The lowest BCUT2D eigenvalue weighted by Crippen LogP contribution is -2.26. The van der Waals surface area contributed by atoms with Crippen LogP contribution in [0.4, 0.5) is 0 Å². The number of nitrogens with one attached hydrogen (secondary N) is 1. The van der Waals surface area contributed by atoms with Gasteiger partial charge in [-0.05, 0) is 71.7 Å². The van der Waals surface area contributed by atoms with Crippen LogP contribution in [0.3, 0.4) is 0 Å². The van der Waals surface area contributed by atoms with E-state index in [2.05, 4.69) is 110 Å². The minimum absolute atomic E-state index is 0. The van der Waals surface area contributed by atoms with Crippen molar-refractivity contribution in [1.82, 2.24) is 9.88 Å². The highest BCUT2D eigenvalue weighted by Crippen LogP contribution is 2.35. The zero-order chi connectivity index (χ0) is 24.3. The number of rotatable bonds is 7. The highest BCUT2D eigenvalue weighted by atomic mass is 35.5. The summed E-state index contributed by atoms with van der Waals surface area (Å²) < 4.78 is 8.64. The molecule has 0 bridgehead atoms. The smallest absolute Gasteiger partial charge is 0.121 e. The minimum Gasteiger partial charge on any atom is -0.493 e. The number of benzene rings is 3. The van der Waals surface area contributed by atoms with E-state index in [0.717, 1.165) is 31.8 Å². The molecule has 4 aromatic rings. The lowest BCUT2D eigenvalue weighted by atomic mass is 9.87. The van der Waals surface area contributed by atoms with E-state index in [9.17, 15) is 0 Å². The van der Waals surface area contributed by atoms with Gasteiger partial charge in [0.1, 0.15) is 5.75 Å². The van der Waals surface area contributed by atoms with E-state index in [-0.39, 0.29) is 17.8 Å². The van der Waals surface area contributed by atoms with E-state index in [4.69, 9.17) is 4.74 Å². The first kappa shape index (κ1) is 26.3. The number of aromatic nitrogens is 1. The Morgan fingerprint density at radius 3 is 2.31 bits per heavy atom. The van der Waals surface area contributed by atoms with E-state index in [1.54, 1.807) is 0 Å². The molecule has 0 amide bonds. The summed E-state index contributed by atoms with van der Waals surface area (Å²) in [4.78, 5) is 0. The maximum atomic E-state index is 6.21. The summed E-state index contributed by atoms with van der Waals surface area (Å²) in [5.41, 5.74) is 6.96. The van der Waals surface area contributed by atoms with Crippen LogP contribution in [0, 0.1) is 0 Å². The Morgan fingerprint density at radius 1 is 0.889 bits per heavy atom. The predicted octanol–water partition coefficient (Wildman–Crippen LogP) is 7.50. The van der Waals surface area contributed by atoms with Gasteiger partial charge in [0.05, 0.1) is 12.1 Å². The summed E-state index contributed by atoms with van der Waals surface area (Å²) in [5, 5.41) is 4.89. The van der Waals surface area contributed by atoms with Crippen LogP contribution in [-0.4, -0.2) is 24.3 Å². The molecular formula is C32H39ClN2O. The van der Waals surface area contributed by atoms with Crippen molar-refractivity contribution in [3.63, 3.8) is 0 Å². The molecule has 1 aromatic heterocycles. The molecule has 1 fully saturated rings. The molecule has 0 radical (unpaired) electrons. The van der Waals surface area contributed by atoms with Crippen molar-refractivity contribution in [1.29, 1.82) is 0 Å². The van der Waals surface area contributed by atoms with Gasteiger partial charge in [-0.3, -0.25) is 0 Å². The molecular weight excluding hydrogens is 464 g/mol. The number of ether oxygens (including phenoxy) is 1. The molecule has 3 nitrogen and oxygen atoms in total. The maximum Gasteiger partial charge on any atom is 0.121 e. The second kappa shape index (κ2) is 11.5. The third-order valence-corrected chi connectivity index (χ3v) is 7.34. The average molecular weight is 503 g/mol. The number of piperidine rings is 1. The van der Waals surface area contributed by atoms with Crippen molar-refractivity contribution >= 4 is 23.3 Å². The fourth-order valence-corrected chi connectivity index (χ4v) is 5.22. The molecule has 4 heteroatoms. The van der Waals surface area contributed by atoms with Gasteiger partial charge in [0.25, 0.3) is 0 Å². The Labute approximate surface area is 222 Å². The number of halogens is 1. The van der Waals surface area contributed by atoms with Crippen LogP contribution in [0.2, 0.25) is 0 Å². The molecule has 0 atom stereocenters. The maximum absolute atomic E-state index is 6.21. The lowest BCUT2D eigenvalue weighted by molar-refractivity contribution is 0.322. The first-order chi connectivity index (χ1) is 17.0. The van der Waals surface area contributed by atoms with Gasteiger partial charge in [-0.2, -0.15) is 0 Å². The van der Waals surface area contributed by atoms with Crippen LogP contribution < -0.4 is 10.1 Å². The second-order valence-electron chi connectivity index (χ2n) is 10.9. The summed E-state index contributed by atoms with van der Waals surface area (Å²) in [5.74, 6) is 1.57. The Bertz CT molecular complexity index is 1250. The molecule has 1 aliphatic rings. The number of nitrogens with zero attached hydrogens (tertiary/aromatic N) is 1. The molecule has 0 unspecified atom stereocenters. The summed E-state index contributed by atoms with van der Waals surface area (Å²) >= 11 is 0. The van der Waals surface area contributed by atoms with E-state index < -0.39 is 0 Å². The molecule has 1 aliphatic heterocycles. The molecule has 5 rings (SSSR count). The van der Waals surface area contributed by atoms with Crippen molar-refractivity contribution in [3.05, 3.63) is 101 Å². The topological polar surface area (TPSA) is 26.2 Å². The number of hydrogen-bond donors (Lipinski definition) is 1. The molecule has 1 saturated heterocycles. The van der Waals surface area contributed by atoms with E-state index in [1.807, 2.05) is 0 Å². The van der Waals surface area contributed by atoms with Crippen LogP contribution in [0.15, 0.2) is 79.0 Å². The molecule has 36 heavy (non-hydrogen) atoms. The van der Waals surface area contributed by atoms with E-state index >= 15 is 0 Å². The van der Waals surface area contributed by atoms with Gasteiger partial charge < -0.3 is 14.6 Å². The van der Waals surface area contributed by atoms with Gasteiger partial charge in [0, 0.05) is 30.6 Å². The molecule has 1 N–H and O–H groups in total. The fraction of sp³-hybridized carbons (Fsp3) is 0.375. The van der Waals surface area contributed by atoms with Crippen LogP contribution in [0.25, 0.3) is 10.9 Å². The molecule has 0 saturated carbocycles. The zero-order valence-corrected chi connectivity index (χ0v) is 22.6. The molecule has 0 aliphatic carbocycles. The Hall–Kier alpha value is -2.75. The predicted molar refractivity (Wildman–Crippen MR) is 154 cm³/mol.